The molecule has 24 heavy (non-hydrogen) atoms. The van der Waals surface area contributed by atoms with Crippen molar-refractivity contribution in [1.29, 1.82) is 0 Å². The zero-order valence-corrected chi connectivity index (χ0v) is 14.1. The quantitative estimate of drug-likeness (QED) is 0.829. The van der Waals surface area contributed by atoms with Crippen molar-refractivity contribution in [2.45, 2.75) is 12.8 Å². The van der Waals surface area contributed by atoms with Crippen molar-refractivity contribution >= 4 is 33.2 Å². The van der Waals surface area contributed by atoms with E-state index in [2.05, 4.69) is 10.6 Å². The van der Waals surface area contributed by atoms with E-state index < -0.39 is 10.0 Å². The van der Waals surface area contributed by atoms with Gasteiger partial charge in [0.2, 0.25) is 15.9 Å². The highest BCUT2D eigenvalue weighted by Crippen LogP contribution is 2.36. The zero-order valence-electron chi connectivity index (χ0n) is 13.2. The molecule has 2 aliphatic heterocycles. The van der Waals surface area contributed by atoms with Crippen molar-refractivity contribution in [2.75, 3.05) is 36.6 Å². The van der Waals surface area contributed by atoms with Crippen LogP contribution in [-0.4, -0.2) is 50.5 Å². The summed E-state index contributed by atoms with van der Waals surface area (Å²) in [6.45, 7) is 0.597. The zero-order chi connectivity index (χ0) is 17.3. The van der Waals surface area contributed by atoms with Gasteiger partial charge in [-0.05, 0) is 25.0 Å². The summed E-state index contributed by atoms with van der Waals surface area (Å²) in [7, 11) is -3.21. The summed E-state index contributed by atoms with van der Waals surface area (Å²) < 4.78 is 29.8. The molecule has 0 aromatic heterocycles. The summed E-state index contributed by atoms with van der Waals surface area (Å²) in [5.74, 6) is -0.216. The molecule has 3 rings (SSSR count). The molecule has 0 bridgehead atoms. The lowest BCUT2D eigenvalue weighted by Gasteiger charge is -2.29. The molecular formula is C15H19N3O5S. The van der Waals surface area contributed by atoms with Crippen LogP contribution in [0.4, 0.5) is 11.4 Å². The highest BCUT2D eigenvalue weighted by molar-refractivity contribution is 7.88. The first-order valence-electron chi connectivity index (χ1n) is 7.66. The molecule has 1 saturated heterocycles. The number of piperidine rings is 1. The molecule has 0 atom stereocenters. The lowest BCUT2D eigenvalue weighted by Crippen LogP contribution is -2.41. The topological polar surface area (TPSA) is 105 Å². The van der Waals surface area contributed by atoms with Crippen LogP contribution in [-0.2, 0) is 19.6 Å². The summed E-state index contributed by atoms with van der Waals surface area (Å²) >= 11 is 0. The average molecular weight is 353 g/mol. The first-order valence-corrected chi connectivity index (χ1v) is 9.51. The van der Waals surface area contributed by atoms with Gasteiger partial charge < -0.3 is 15.4 Å². The number of hydrogen-bond donors (Lipinski definition) is 2. The first kappa shape index (κ1) is 16.7. The van der Waals surface area contributed by atoms with E-state index in [1.165, 1.54) is 10.6 Å². The molecule has 2 heterocycles. The second kappa shape index (κ2) is 6.40. The number of para-hydroxylation sites is 1. The number of nitrogens with one attached hydrogen (secondary N) is 2. The highest BCUT2D eigenvalue weighted by Gasteiger charge is 2.30. The SMILES string of the molecule is CS(=O)(=O)N1CCC(C(=O)Nc2cccc3c2OCC(=O)N3)CC1. The second-order valence-corrected chi connectivity index (χ2v) is 7.93. The van der Waals surface area contributed by atoms with Gasteiger partial charge >= 0.3 is 0 Å². The summed E-state index contributed by atoms with van der Waals surface area (Å²) in [6, 6.07) is 5.13. The van der Waals surface area contributed by atoms with Crippen molar-refractivity contribution in [3.63, 3.8) is 0 Å². The van der Waals surface area contributed by atoms with Crippen molar-refractivity contribution in [3.05, 3.63) is 18.2 Å². The fourth-order valence-corrected chi connectivity index (χ4v) is 3.77. The molecule has 2 N–H and O–H groups in total. The smallest absolute Gasteiger partial charge is 0.262 e. The normalized spacial score (nSPS) is 19.1. The molecule has 0 radical (unpaired) electrons. The van der Waals surface area contributed by atoms with Crippen LogP contribution in [0.2, 0.25) is 0 Å². The van der Waals surface area contributed by atoms with Crippen LogP contribution >= 0.6 is 0 Å². The number of nitrogens with zero attached hydrogens (tertiary/aromatic N) is 1. The van der Waals surface area contributed by atoms with Crippen molar-refractivity contribution < 1.29 is 22.7 Å². The van der Waals surface area contributed by atoms with Crippen molar-refractivity contribution in [2.24, 2.45) is 5.92 Å². The van der Waals surface area contributed by atoms with Crippen molar-refractivity contribution in [1.82, 2.24) is 4.31 Å². The maximum atomic E-state index is 12.5. The van der Waals surface area contributed by atoms with E-state index >= 15 is 0 Å². The van der Waals surface area contributed by atoms with Crippen LogP contribution in [0.5, 0.6) is 5.75 Å². The van der Waals surface area contributed by atoms with Crippen LogP contribution in [0.3, 0.4) is 0 Å². The number of hydrogen-bond acceptors (Lipinski definition) is 5. The van der Waals surface area contributed by atoms with E-state index in [0.29, 0.717) is 43.1 Å². The number of sulfonamides is 1. The Kier molecular flexibility index (Phi) is 4.46. The van der Waals surface area contributed by atoms with E-state index in [1.54, 1.807) is 18.2 Å². The summed E-state index contributed by atoms with van der Waals surface area (Å²) in [5.41, 5.74) is 1.03. The molecule has 1 aromatic rings. The lowest BCUT2D eigenvalue weighted by atomic mass is 9.97. The molecule has 0 spiro atoms. The molecule has 2 aliphatic rings. The maximum absolute atomic E-state index is 12.5. The number of ether oxygens (including phenoxy) is 1. The van der Waals surface area contributed by atoms with Crippen LogP contribution in [0.15, 0.2) is 18.2 Å². The van der Waals surface area contributed by atoms with Gasteiger partial charge in [-0.3, -0.25) is 9.59 Å². The van der Waals surface area contributed by atoms with Gasteiger partial charge in [0.1, 0.15) is 0 Å². The standard InChI is InChI=1S/C15H19N3O5S/c1-24(21,22)18-7-5-10(6-8-18)15(20)17-12-4-2-3-11-14(12)23-9-13(19)16-11/h2-4,10H,5-9H2,1H3,(H,16,19)(H,17,20). The van der Waals surface area contributed by atoms with Gasteiger partial charge in [-0.1, -0.05) is 6.07 Å². The minimum Gasteiger partial charge on any atom is -0.479 e. The monoisotopic (exact) mass is 353 g/mol. The van der Waals surface area contributed by atoms with Crippen LogP contribution < -0.4 is 15.4 Å². The molecule has 2 amide bonds. The van der Waals surface area contributed by atoms with Gasteiger partial charge in [0.25, 0.3) is 5.91 Å². The number of carbonyl (C=O) groups is 2. The third-order valence-corrected chi connectivity index (χ3v) is 5.49. The maximum Gasteiger partial charge on any atom is 0.262 e. The number of rotatable bonds is 3. The number of amides is 2. The van der Waals surface area contributed by atoms with Crippen LogP contribution in [0.25, 0.3) is 0 Å². The van der Waals surface area contributed by atoms with Gasteiger partial charge in [-0.25, -0.2) is 12.7 Å². The first-order chi connectivity index (χ1) is 11.3. The molecule has 0 saturated carbocycles. The van der Waals surface area contributed by atoms with Gasteiger partial charge in [0.05, 0.1) is 17.6 Å². The minimum absolute atomic E-state index is 0.0906. The molecule has 0 aliphatic carbocycles. The number of anilines is 2. The molecule has 0 unspecified atom stereocenters. The molecule has 9 heteroatoms. The molecular weight excluding hydrogens is 334 g/mol. The molecule has 8 nitrogen and oxygen atoms in total. The van der Waals surface area contributed by atoms with Crippen LogP contribution in [0, 0.1) is 5.92 Å². The van der Waals surface area contributed by atoms with Crippen molar-refractivity contribution in [3.8, 4) is 5.75 Å². The van der Waals surface area contributed by atoms with E-state index in [1.807, 2.05) is 0 Å². The van der Waals surface area contributed by atoms with Crippen LogP contribution in [0.1, 0.15) is 12.8 Å². The van der Waals surface area contributed by atoms with E-state index in [0.717, 1.165) is 0 Å². The van der Waals surface area contributed by atoms with Gasteiger partial charge in [0, 0.05) is 19.0 Å². The Bertz CT molecular complexity index is 769. The minimum atomic E-state index is -3.21. The van der Waals surface area contributed by atoms with E-state index in [4.69, 9.17) is 4.74 Å². The average Bonchev–Trinajstić information content (AvgIpc) is 2.54. The molecule has 1 fully saturated rings. The fourth-order valence-electron chi connectivity index (χ4n) is 2.90. The van der Waals surface area contributed by atoms with Gasteiger partial charge in [-0.15, -0.1) is 0 Å². The highest BCUT2D eigenvalue weighted by atomic mass is 32.2. The van der Waals surface area contributed by atoms with Gasteiger partial charge in [-0.2, -0.15) is 0 Å². The molecule has 1 aromatic carbocycles. The Balaban J connectivity index is 1.66. The Morgan fingerprint density at radius 2 is 2.04 bits per heavy atom. The third-order valence-electron chi connectivity index (χ3n) is 4.19. The Morgan fingerprint density at radius 1 is 1.33 bits per heavy atom. The lowest BCUT2D eigenvalue weighted by molar-refractivity contribution is -0.121. The molecule has 130 valence electrons. The Labute approximate surface area is 140 Å². The predicted molar refractivity (Wildman–Crippen MR) is 88.3 cm³/mol. The Hall–Kier alpha value is -2.13. The largest absolute Gasteiger partial charge is 0.479 e. The predicted octanol–water partition coefficient (Wildman–Crippen LogP) is 0.628. The number of carbonyl (C=O) groups excluding carboxylic acids is 2. The summed E-state index contributed by atoms with van der Waals surface area (Å²) in [5, 5.41) is 5.51. The number of fused-ring (bicyclic) bond motifs is 1. The van der Waals surface area contributed by atoms with Gasteiger partial charge in [0.15, 0.2) is 12.4 Å². The Morgan fingerprint density at radius 3 is 2.71 bits per heavy atom. The summed E-state index contributed by atoms with van der Waals surface area (Å²) in [4.78, 5) is 23.8. The second-order valence-electron chi connectivity index (χ2n) is 5.94. The third kappa shape index (κ3) is 3.51. The van der Waals surface area contributed by atoms with E-state index in [9.17, 15) is 18.0 Å². The van der Waals surface area contributed by atoms with E-state index in [-0.39, 0.29) is 24.3 Å². The summed E-state index contributed by atoms with van der Waals surface area (Å²) in [6.07, 6.45) is 2.13. The fraction of sp³-hybridized carbons (Fsp3) is 0.467. The number of benzene rings is 1.